The molecule has 3 aromatic heterocycles. The molecule has 4 amide bonds. The van der Waals surface area contributed by atoms with Crippen molar-refractivity contribution < 1.29 is 42.2 Å². The number of hydrogen-bond donors (Lipinski definition) is 4. The number of methoxy groups -OCH3 is 1. The average Bonchev–Trinajstić information content (AvgIpc) is 3.99. The van der Waals surface area contributed by atoms with Crippen LogP contribution in [-0.2, 0) is 20.5 Å². The Hall–Kier alpha value is -6.01. The highest BCUT2D eigenvalue weighted by molar-refractivity contribution is 5.86. The van der Waals surface area contributed by atoms with Gasteiger partial charge in [0.05, 0.1) is 31.1 Å². The summed E-state index contributed by atoms with van der Waals surface area (Å²) < 4.78 is 47.4. The van der Waals surface area contributed by atoms with Crippen LogP contribution in [0, 0.1) is 0 Å². The van der Waals surface area contributed by atoms with Crippen LogP contribution in [0.4, 0.5) is 22.8 Å². The summed E-state index contributed by atoms with van der Waals surface area (Å²) in [6.07, 6.45) is 0.335. The second kappa shape index (κ2) is 15.2. The normalized spacial score (nSPS) is 18.4. The molecule has 1 aromatic carbocycles. The Balaban J connectivity index is 1.17. The van der Waals surface area contributed by atoms with E-state index < -0.39 is 48.1 Å². The van der Waals surface area contributed by atoms with Crippen LogP contribution in [-0.4, -0.2) is 113 Å². The van der Waals surface area contributed by atoms with E-state index in [4.69, 9.17) is 0 Å². The maximum Gasteiger partial charge on any atom is 0.433 e. The molecule has 0 aliphatic carbocycles. The summed E-state index contributed by atoms with van der Waals surface area (Å²) in [6, 6.07) is 3.23. The number of nitrogens with one attached hydrogen (secondary N) is 3. The molecule has 0 bridgehead atoms. The van der Waals surface area contributed by atoms with Crippen LogP contribution in [0.1, 0.15) is 69.0 Å². The van der Waals surface area contributed by atoms with E-state index in [1.165, 1.54) is 38.1 Å². The molecule has 2 saturated heterocycles. The van der Waals surface area contributed by atoms with Gasteiger partial charge in [0.2, 0.25) is 11.8 Å². The van der Waals surface area contributed by atoms with E-state index >= 15 is 0 Å². The van der Waals surface area contributed by atoms with Gasteiger partial charge in [-0.05, 0) is 39.5 Å². The van der Waals surface area contributed by atoms with Crippen molar-refractivity contribution >= 4 is 24.0 Å². The van der Waals surface area contributed by atoms with Gasteiger partial charge in [0.1, 0.15) is 35.1 Å². The van der Waals surface area contributed by atoms with Crippen LogP contribution in [0.15, 0.2) is 42.9 Å². The number of aromatic amines is 2. The largest absolute Gasteiger partial charge is 0.465 e. The Labute approximate surface area is 307 Å². The van der Waals surface area contributed by atoms with Gasteiger partial charge in [-0.3, -0.25) is 14.5 Å². The van der Waals surface area contributed by atoms with Crippen LogP contribution >= 0.6 is 0 Å². The van der Waals surface area contributed by atoms with Gasteiger partial charge in [0, 0.05) is 49.2 Å². The summed E-state index contributed by atoms with van der Waals surface area (Å²) in [5.41, 5.74) is 0.568. The van der Waals surface area contributed by atoms with Crippen molar-refractivity contribution in [2.75, 3.05) is 27.2 Å². The number of carboxylic acid groups (broad SMARTS) is 1. The van der Waals surface area contributed by atoms with E-state index in [-0.39, 0.29) is 35.6 Å². The van der Waals surface area contributed by atoms with Gasteiger partial charge in [-0.1, -0.05) is 24.3 Å². The molecular weight excluding hydrogens is 713 g/mol. The summed E-state index contributed by atoms with van der Waals surface area (Å²) in [5, 5.41) is 11.8. The summed E-state index contributed by atoms with van der Waals surface area (Å²) in [7, 11) is 2.48. The zero-order chi connectivity index (χ0) is 38.9. The number of carbonyl (C=O) groups is 4. The van der Waals surface area contributed by atoms with Crippen LogP contribution in [0.3, 0.4) is 0 Å². The molecule has 2 aliphatic heterocycles. The molecule has 4 aromatic rings. The van der Waals surface area contributed by atoms with Gasteiger partial charge in [-0.2, -0.15) is 13.2 Å². The molecule has 2 fully saturated rings. The van der Waals surface area contributed by atoms with Crippen molar-refractivity contribution in [1.29, 1.82) is 0 Å². The average molecular weight is 753 g/mol. The Bertz CT molecular complexity index is 2020. The summed E-state index contributed by atoms with van der Waals surface area (Å²) >= 11 is 0. The molecule has 4 N–H and O–H groups in total. The van der Waals surface area contributed by atoms with Crippen LogP contribution in [0.5, 0.6) is 0 Å². The molecule has 0 radical (unpaired) electrons. The number of amides is 4. The van der Waals surface area contributed by atoms with Gasteiger partial charge in [0.15, 0.2) is 5.82 Å². The smallest absolute Gasteiger partial charge is 0.433 e. The maximum atomic E-state index is 14.3. The number of ether oxygens (including phenoxy) is 1. The third-order valence-electron chi connectivity index (χ3n) is 9.81. The van der Waals surface area contributed by atoms with E-state index in [0.29, 0.717) is 54.3 Å². The first-order valence-corrected chi connectivity index (χ1v) is 17.2. The molecule has 16 nitrogen and oxygen atoms in total. The third-order valence-corrected chi connectivity index (χ3v) is 9.81. The Morgan fingerprint density at radius 2 is 1.48 bits per heavy atom. The molecule has 0 unspecified atom stereocenters. The van der Waals surface area contributed by atoms with E-state index in [9.17, 15) is 37.5 Å². The standard InChI is InChI=1S/C35H39F3N10O6/c1-18(42-33(51)54-4)31(49)47-13-5-7-24(47)29-41-17-23(43-29)22-15-39-28(40-16-22)21-11-9-20(10-12-21)26-27(35(36,37)38)45-30(44-26)25-8-6-14-48(25)32(50)19(2)46(3)34(52)53/h9-12,15-19,24-25H,5-8,13-14H2,1-4H3,(H,41,43)(H,42,51)(H,44,45)(H,52,53)/t18-,19-,24-,25-/m0/s1. The van der Waals surface area contributed by atoms with Crippen molar-refractivity contribution in [3.05, 3.63) is 60.2 Å². The Morgan fingerprint density at radius 1 is 0.889 bits per heavy atom. The second-order valence-corrected chi connectivity index (χ2v) is 13.2. The Kier molecular flexibility index (Phi) is 10.6. The first kappa shape index (κ1) is 37.7. The van der Waals surface area contributed by atoms with E-state index in [0.717, 1.165) is 11.3 Å². The highest BCUT2D eigenvalue weighted by Crippen LogP contribution is 2.40. The zero-order valence-electron chi connectivity index (χ0n) is 29.8. The van der Waals surface area contributed by atoms with Gasteiger partial charge in [0.25, 0.3) is 0 Å². The number of imidazole rings is 2. The van der Waals surface area contributed by atoms with Crippen molar-refractivity contribution in [3.63, 3.8) is 0 Å². The maximum absolute atomic E-state index is 14.3. The number of rotatable bonds is 9. The van der Waals surface area contributed by atoms with Crippen molar-refractivity contribution in [2.45, 2.75) is 69.9 Å². The number of nitrogens with zero attached hydrogens (tertiary/aromatic N) is 7. The van der Waals surface area contributed by atoms with Gasteiger partial charge in [-0.25, -0.2) is 29.5 Å². The third kappa shape index (κ3) is 7.56. The van der Waals surface area contributed by atoms with Crippen LogP contribution < -0.4 is 5.32 Å². The molecule has 0 spiro atoms. The number of hydrogen-bond acceptors (Lipinski definition) is 9. The quantitative estimate of drug-likeness (QED) is 0.180. The molecule has 19 heteroatoms. The predicted molar refractivity (Wildman–Crippen MR) is 185 cm³/mol. The number of aromatic nitrogens is 6. The first-order valence-electron chi connectivity index (χ1n) is 17.2. The molecule has 0 saturated carbocycles. The lowest BCUT2D eigenvalue weighted by Gasteiger charge is -2.29. The van der Waals surface area contributed by atoms with Crippen molar-refractivity contribution in [2.24, 2.45) is 0 Å². The monoisotopic (exact) mass is 752 g/mol. The van der Waals surface area contributed by atoms with Gasteiger partial charge in [-0.15, -0.1) is 0 Å². The second-order valence-electron chi connectivity index (χ2n) is 13.2. The number of alkyl carbamates (subject to hydrolysis) is 1. The van der Waals surface area contributed by atoms with Crippen molar-refractivity contribution in [1.82, 2.24) is 49.9 Å². The van der Waals surface area contributed by atoms with Gasteiger partial charge < -0.3 is 34.9 Å². The number of carbonyl (C=O) groups excluding carboxylic acids is 3. The minimum Gasteiger partial charge on any atom is -0.465 e. The van der Waals surface area contributed by atoms with Crippen LogP contribution in [0.2, 0.25) is 0 Å². The molecule has 286 valence electrons. The highest BCUT2D eigenvalue weighted by Gasteiger charge is 2.41. The fourth-order valence-electron chi connectivity index (χ4n) is 6.76. The lowest BCUT2D eigenvalue weighted by Crippen LogP contribution is -2.47. The minimum atomic E-state index is -4.78. The van der Waals surface area contributed by atoms with E-state index in [1.807, 2.05) is 0 Å². The number of H-pyrrole nitrogens is 2. The topological polar surface area (TPSA) is 203 Å². The summed E-state index contributed by atoms with van der Waals surface area (Å²) in [4.78, 5) is 76.5. The van der Waals surface area contributed by atoms with Gasteiger partial charge >= 0.3 is 18.4 Å². The Morgan fingerprint density at radius 3 is 2.07 bits per heavy atom. The first-order chi connectivity index (χ1) is 25.7. The fraction of sp³-hybridized carbons (Fsp3) is 0.429. The molecule has 6 rings (SSSR count). The molecule has 2 aliphatic rings. The van der Waals surface area contributed by atoms with Crippen molar-refractivity contribution in [3.8, 4) is 33.9 Å². The van der Waals surface area contributed by atoms with Crippen LogP contribution in [0.25, 0.3) is 33.9 Å². The SMILES string of the molecule is COC(=O)N[C@@H](C)C(=O)N1CCC[C@H]1c1ncc(-c2cnc(-c3ccc(-c4nc([C@@H]5CCCN5C(=O)[C@H](C)N(C)C(=O)O)[nH]c4C(F)(F)F)cc3)nc2)[nH]1. The number of halogens is 3. The highest BCUT2D eigenvalue weighted by atomic mass is 19.4. The summed E-state index contributed by atoms with van der Waals surface area (Å²) in [5.74, 6) is 0.0882. The fourth-order valence-corrected chi connectivity index (χ4v) is 6.76. The molecule has 5 heterocycles. The lowest BCUT2D eigenvalue weighted by molar-refractivity contribution is -0.140. The van der Waals surface area contributed by atoms with E-state index in [1.54, 1.807) is 42.5 Å². The number of likely N-dealkylation sites (tertiary alicyclic amines) is 2. The number of alkyl halides is 3. The number of likely N-dealkylation sites (N-methyl/N-ethyl adjacent to an activating group) is 1. The summed E-state index contributed by atoms with van der Waals surface area (Å²) in [6.45, 7) is 3.78. The molecule has 54 heavy (non-hydrogen) atoms. The lowest BCUT2D eigenvalue weighted by atomic mass is 10.1. The molecule has 4 atom stereocenters. The predicted octanol–water partition coefficient (Wildman–Crippen LogP) is 5.01. The number of benzene rings is 1. The molecular formula is C35H39F3N10O6. The van der Waals surface area contributed by atoms with E-state index in [2.05, 4.69) is 40.0 Å². The zero-order valence-corrected chi connectivity index (χ0v) is 29.8. The minimum absolute atomic E-state index is 0.0318.